The monoisotopic (exact) mass is 323 g/mol. The van der Waals surface area contributed by atoms with Gasteiger partial charge >= 0.3 is 6.18 Å². The quantitative estimate of drug-likeness (QED) is 0.755. The van der Waals surface area contributed by atoms with Crippen LogP contribution in [0.3, 0.4) is 0 Å². The molecule has 2 aromatic heterocycles. The number of alkyl halides is 3. The molecule has 0 aliphatic heterocycles. The topological polar surface area (TPSA) is 25.2 Å². The van der Waals surface area contributed by atoms with E-state index in [0.29, 0.717) is 10.1 Å². The summed E-state index contributed by atoms with van der Waals surface area (Å²) in [6, 6.07) is 6.87. The van der Waals surface area contributed by atoms with Gasteiger partial charge in [-0.05, 0) is 37.2 Å². The molecule has 0 aliphatic carbocycles. The summed E-state index contributed by atoms with van der Waals surface area (Å²) in [6.07, 6.45) is -3.35. The molecule has 7 heteroatoms. The van der Waals surface area contributed by atoms with Crippen molar-refractivity contribution < 1.29 is 17.6 Å². The molecule has 20 heavy (non-hydrogen) atoms. The Hall–Kier alpha value is -0.980. The summed E-state index contributed by atoms with van der Waals surface area (Å²) >= 11 is 7.28. The second-order valence-electron chi connectivity index (χ2n) is 4.26. The first-order valence-electron chi connectivity index (χ1n) is 6.04. The Morgan fingerprint density at radius 2 is 2.10 bits per heavy atom. The molecule has 0 aromatic carbocycles. The largest absolute Gasteiger partial charge is 0.467 e. The Labute approximate surface area is 123 Å². The van der Waals surface area contributed by atoms with Gasteiger partial charge in [0.1, 0.15) is 11.8 Å². The molecule has 2 rings (SSSR count). The van der Waals surface area contributed by atoms with Gasteiger partial charge in [-0.25, -0.2) is 0 Å². The van der Waals surface area contributed by atoms with Crippen LogP contribution in [0.15, 0.2) is 34.9 Å². The van der Waals surface area contributed by atoms with Crippen molar-refractivity contribution >= 4 is 22.9 Å². The molecule has 2 aromatic rings. The molecular weight excluding hydrogens is 311 g/mol. The van der Waals surface area contributed by atoms with Gasteiger partial charge in [-0.15, -0.1) is 11.3 Å². The van der Waals surface area contributed by atoms with Crippen molar-refractivity contribution in [3.63, 3.8) is 0 Å². The predicted octanol–water partition coefficient (Wildman–Crippen LogP) is 5.02. The third-order valence-electron chi connectivity index (χ3n) is 2.69. The Morgan fingerprint density at radius 3 is 2.65 bits per heavy atom. The Kier molecular flexibility index (Phi) is 5.12. The minimum atomic E-state index is -4.12. The third kappa shape index (κ3) is 4.54. The normalized spacial score (nSPS) is 13.6. The number of hydrogen-bond donors (Lipinski definition) is 1. The van der Waals surface area contributed by atoms with Gasteiger partial charge in [-0.2, -0.15) is 13.2 Å². The molecule has 1 unspecified atom stereocenters. The lowest BCUT2D eigenvalue weighted by Gasteiger charge is -2.15. The third-order valence-corrected chi connectivity index (χ3v) is 3.99. The smallest absolute Gasteiger partial charge is 0.389 e. The summed E-state index contributed by atoms with van der Waals surface area (Å²) in [5.41, 5.74) is 0. The lowest BCUT2D eigenvalue weighted by atomic mass is 10.1. The van der Waals surface area contributed by atoms with Crippen molar-refractivity contribution in [3.05, 3.63) is 45.5 Å². The Bertz CT molecular complexity index is 524. The fraction of sp³-hybridized carbons (Fsp3) is 0.385. The van der Waals surface area contributed by atoms with Crippen LogP contribution in [-0.4, -0.2) is 12.7 Å². The van der Waals surface area contributed by atoms with Crippen LogP contribution in [0.1, 0.15) is 29.5 Å². The lowest BCUT2D eigenvalue weighted by Crippen LogP contribution is -2.23. The number of hydrogen-bond acceptors (Lipinski definition) is 3. The highest BCUT2D eigenvalue weighted by Crippen LogP contribution is 2.31. The Balaban J connectivity index is 1.98. The minimum Gasteiger partial charge on any atom is -0.467 e. The zero-order valence-corrected chi connectivity index (χ0v) is 12.0. The van der Waals surface area contributed by atoms with Gasteiger partial charge in [-0.3, -0.25) is 0 Å². The first-order chi connectivity index (χ1) is 9.46. The molecule has 0 fully saturated rings. The highest BCUT2D eigenvalue weighted by molar-refractivity contribution is 7.16. The van der Waals surface area contributed by atoms with E-state index < -0.39 is 12.6 Å². The van der Waals surface area contributed by atoms with E-state index >= 15 is 0 Å². The van der Waals surface area contributed by atoms with Crippen molar-refractivity contribution in [1.29, 1.82) is 0 Å². The zero-order chi connectivity index (χ0) is 14.6. The van der Waals surface area contributed by atoms with Crippen LogP contribution in [0.25, 0.3) is 0 Å². The highest BCUT2D eigenvalue weighted by Gasteiger charge is 2.26. The summed E-state index contributed by atoms with van der Waals surface area (Å²) in [5.74, 6) is 0.663. The van der Waals surface area contributed by atoms with Gasteiger partial charge in [0.05, 0.1) is 10.6 Å². The molecule has 0 bridgehead atoms. The SMILES string of the molecule is FC(F)(F)CCCNC(c1ccco1)c1ccc(Cl)s1. The van der Waals surface area contributed by atoms with Gasteiger partial charge in [0.2, 0.25) is 0 Å². The average molecular weight is 324 g/mol. The van der Waals surface area contributed by atoms with E-state index in [1.807, 2.05) is 6.07 Å². The van der Waals surface area contributed by atoms with Crippen LogP contribution in [0.5, 0.6) is 0 Å². The summed E-state index contributed by atoms with van der Waals surface area (Å²) in [4.78, 5) is 0.914. The molecule has 1 N–H and O–H groups in total. The zero-order valence-electron chi connectivity index (χ0n) is 10.4. The van der Waals surface area contributed by atoms with Crippen molar-refractivity contribution in [2.75, 3.05) is 6.54 Å². The van der Waals surface area contributed by atoms with Crippen LogP contribution in [0.4, 0.5) is 13.2 Å². The number of halogens is 4. The fourth-order valence-corrected chi connectivity index (χ4v) is 2.96. The molecule has 0 spiro atoms. The van der Waals surface area contributed by atoms with Crippen molar-refractivity contribution in [2.24, 2.45) is 0 Å². The van der Waals surface area contributed by atoms with E-state index in [-0.39, 0.29) is 19.0 Å². The van der Waals surface area contributed by atoms with Gasteiger partial charge in [-0.1, -0.05) is 11.6 Å². The summed E-state index contributed by atoms with van der Waals surface area (Å²) < 4.78 is 42.3. The standard InChI is InChI=1S/C13H13ClF3NOS/c14-11-5-4-10(20-11)12(9-3-1-8-19-9)18-7-2-6-13(15,16)17/h1,3-5,8,12,18H,2,6-7H2. The summed E-state index contributed by atoms with van der Waals surface area (Å²) in [5, 5.41) is 3.08. The number of nitrogens with one attached hydrogen (secondary N) is 1. The Morgan fingerprint density at radius 1 is 1.30 bits per heavy atom. The van der Waals surface area contributed by atoms with Gasteiger partial charge < -0.3 is 9.73 Å². The molecule has 0 aliphatic rings. The van der Waals surface area contributed by atoms with Crippen LogP contribution in [0.2, 0.25) is 4.34 Å². The van der Waals surface area contributed by atoms with Crippen molar-refractivity contribution in [1.82, 2.24) is 5.32 Å². The van der Waals surface area contributed by atoms with Gasteiger partial charge in [0.15, 0.2) is 0 Å². The van der Waals surface area contributed by atoms with E-state index in [9.17, 15) is 13.2 Å². The maximum absolute atomic E-state index is 12.1. The van der Waals surface area contributed by atoms with E-state index in [2.05, 4.69) is 5.32 Å². The van der Waals surface area contributed by atoms with E-state index in [1.54, 1.807) is 18.2 Å². The number of thiophene rings is 1. The molecule has 0 saturated carbocycles. The molecular formula is C13H13ClF3NOS. The second-order valence-corrected chi connectivity index (χ2v) is 6.01. The molecule has 2 nitrogen and oxygen atoms in total. The maximum Gasteiger partial charge on any atom is 0.389 e. The van der Waals surface area contributed by atoms with Gasteiger partial charge in [0, 0.05) is 11.3 Å². The summed E-state index contributed by atoms with van der Waals surface area (Å²) in [6.45, 7) is 0.250. The first-order valence-corrected chi connectivity index (χ1v) is 7.24. The average Bonchev–Trinajstić information content (AvgIpc) is 2.99. The van der Waals surface area contributed by atoms with Crippen molar-refractivity contribution in [3.8, 4) is 0 Å². The van der Waals surface area contributed by atoms with E-state index in [4.69, 9.17) is 16.0 Å². The highest BCUT2D eigenvalue weighted by atomic mass is 35.5. The predicted molar refractivity (Wildman–Crippen MR) is 73.2 cm³/mol. The lowest BCUT2D eigenvalue weighted by molar-refractivity contribution is -0.135. The fourth-order valence-electron chi connectivity index (χ4n) is 1.82. The van der Waals surface area contributed by atoms with E-state index in [1.165, 1.54) is 17.6 Å². The summed E-state index contributed by atoms with van der Waals surface area (Å²) in [7, 11) is 0. The first kappa shape index (κ1) is 15.4. The molecule has 0 amide bonds. The molecule has 0 radical (unpaired) electrons. The molecule has 1 atom stereocenters. The van der Waals surface area contributed by atoms with Gasteiger partial charge in [0.25, 0.3) is 0 Å². The number of furan rings is 1. The molecule has 2 heterocycles. The molecule has 0 saturated heterocycles. The number of rotatable bonds is 6. The maximum atomic E-state index is 12.1. The van der Waals surface area contributed by atoms with Crippen molar-refractivity contribution in [2.45, 2.75) is 25.1 Å². The van der Waals surface area contributed by atoms with Crippen LogP contribution >= 0.6 is 22.9 Å². The van der Waals surface area contributed by atoms with E-state index in [0.717, 1.165) is 4.88 Å². The van der Waals surface area contributed by atoms with Crippen LogP contribution in [-0.2, 0) is 0 Å². The minimum absolute atomic E-state index is 0.0276. The van der Waals surface area contributed by atoms with Crippen LogP contribution in [0, 0.1) is 0 Å². The second kappa shape index (κ2) is 6.65. The van der Waals surface area contributed by atoms with Crippen LogP contribution < -0.4 is 5.32 Å². The molecule has 110 valence electrons.